The highest BCUT2D eigenvalue weighted by Crippen LogP contribution is 2.22. The van der Waals surface area contributed by atoms with Crippen molar-refractivity contribution in [2.24, 2.45) is 0 Å². The number of likely N-dealkylation sites (N-methyl/N-ethyl adjacent to an activating group) is 1. The molecule has 92 valence electrons. The van der Waals surface area contributed by atoms with Crippen LogP contribution >= 0.6 is 0 Å². The monoisotopic (exact) mass is 230 g/mol. The largest absolute Gasteiger partial charge is 0.347 e. The van der Waals surface area contributed by atoms with Gasteiger partial charge in [-0.15, -0.1) is 0 Å². The van der Waals surface area contributed by atoms with Crippen molar-refractivity contribution in [1.29, 1.82) is 0 Å². The van der Waals surface area contributed by atoms with Crippen LogP contribution in [0.25, 0.3) is 10.9 Å². The van der Waals surface area contributed by atoms with Gasteiger partial charge in [-0.25, -0.2) is 0 Å². The molecule has 2 aromatic rings. The molecule has 0 aliphatic heterocycles. The van der Waals surface area contributed by atoms with Gasteiger partial charge in [0.2, 0.25) is 0 Å². The number of rotatable bonds is 6. The number of hydrogen-bond donors (Lipinski definition) is 1. The number of aryl methyl sites for hydroxylation is 1. The van der Waals surface area contributed by atoms with E-state index in [2.05, 4.69) is 47.3 Å². The number of unbranched alkanes of at least 4 members (excludes halogenated alkanes) is 1. The Morgan fingerprint density at radius 3 is 2.82 bits per heavy atom. The summed E-state index contributed by atoms with van der Waals surface area (Å²) in [5, 5.41) is 4.64. The van der Waals surface area contributed by atoms with E-state index in [1.165, 1.54) is 29.3 Å². The first kappa shape index (κ1) is 12.2. The minimum atomic E-state index is 1.04. The third-order valence-corrected chi connectivity index (χ3v) is 3.27. The minimum Gasteiger partial charge on any atom is -0.347 e. The van der Waals surface area contributed by atoms with E-state index >= 15 is 0 Å². The highest BCUT2D eigenvalue weighted by atomic mass is 15.0. The Hall–Kier alpha value is -1.28. The average Bonchev–Trinajstić information content (AvgIpc) is 2.72. The Labute approximate surface area is 104 Å². The van der Waals surface area contributed by atoms with Gasteiger partial charge >= 0.3 is 0 Å². The van der Waals surface area contributed by atoms with Crippen molar-refractivity contribution < 1.29 is 0 Å². The molecule has 1 heterocycles. The Kier molecular flexibility index (Phi) is 4.21. The summed E-state index contributed by atoms with van der Waals surface area (Å²) < 4.78 is 2.41. The Balaban J connectivity index is 2.32. The van der Waals surface area contributed by atoms with Crippen LogP contribution in [0.5, 0.6) is 0 Å². The number of fused-ring (bicyclic) bond motifs is 1. The summed E-state index contributed by atoms with van der Waals surface area (Å²) in [7, 11) is 2.01. The second-order valence-electron chi connectivity index (χ2n) is 4.57. The van der Waals surface area contributed by atoms with Crippen LogP contribution in [0.1, 0.15) is 25.3 Å². The maximum atomic E-state index is 3.22. The predicted molar refractivity (Wildman–Crippen MR) is 74.5 cm³/mol. The van der Waals surface area contributed by atoms with E-state index in [0.717, 1.165) is 19.5 Å². The van der Waals surface area contributed by atoms with Gasteiger partial charge in [0.1, 0.15) is 0 Å². The lowest BCUT2D eigenvalue weighted by molar-refractivity contribution is 0.647. The smallest absolute Gasteiger partial charge is 0.0483 e. The molecule has 0 radical (unpaired) electrons. The number of hydrogen-bond acceptors (Lipinski definition) is 1. The zero-order valence-corrected chi connectivity index (χ0v) is 10.9. The molecule has 2 nitrogen and oxygen atoms in total. The van der Waals surface area contributed by atoms with Crippen molar-refractivity contribution in [2.45, 2.75) is 32.7 Å². The Morgan fingerprint density at radius 1 is 1.24 bits per heavy atom. The van der Waals surface area contributed by atoms with E-state index in [1.807, 2.05) is 7.05 Å². The van der Waals surface area contributed by atoms with Gasteiger partial charge in [-0.3, -0.25) is 0 Å². The zero-order chi connectivity index (χ0) is 12.1. The molecule has 2 rings (SSSR count). The number of nitrogens with one attached hydrogen (secondary N) is 1. The van der Waals surface area contributed by atoms with Gasteiger partial charge in [0, 0.05) is 23.6 Å². The van der Waals surface area contributed by atoms with Crippen molar-refractivity contribution in [1.82, 2.24) is 9.88 Å². The van der Waals surface area contributed by atoms with Crippen LogP contribution in [-0.2, 0) is 13.0 Å². The van der Waals surface area contributed by atoms with Crippen LogP contribution in [0.3, 0.4) is 0 Å². The fourth-order valence-electron chi connectivity index (χ4n) is 2.30. The van der Waals surface area contributed by atoms with E-state index in [1.54, 1.807) is 0 Å². The Bertz CT molecular complexity index is 429. The van der Waals surface area contributed by atoms with Crippen LogP contribution < -0.4 is 5.32 Å². The molecule has 0 fully saturated rings. The molecule has 0 aliphatic rings. The van der Waals surface area contributed by atoms with Gasteiger partial charge in [0.05, 0.1) is 0 Å². The molecule has 0 aliphatic carbocycles. The molecule has 17 heavy (non-hydrogen) atoms. The summed E-state index contributed by atoms with van der Waals surface area (Å²) in [6.07, 6.45) is 5.94. The minimum absolute atomic E-state index is 1.04. The van der Waals surface area contributed by atoms with Gasteiger partial charge in [-0.1, -0.05) is 31.5 Å². The first-order chi connectivity index (χ1) is 8.36. The van der Waals surface area contributed by atoms with E-state index in [0.29, 0.717) is 0 Å². The van der Waals surface area contributed by atoms with Crippen LogP contribution in [0.15, 0.2) is 30.5 Å². The second kappa shape index (κ2) is 5.87. The molecule has 0 saturated carbocycles. The van der Waals surface area contributed by atoms with Crippen molar-refractivity contribution >= 4 is 10.9 Å². The molecule has 2 heteroatoms. The van der Waals surface area contributed by atoms with E-state index in [9.17, 15) is 0 Å². The zero-order valence-electron chi connectivity index (χ0n) is 10.9. The van der Waals surface area contributed by atoms with Crippen molar-refractivity contribution in [3.63, 3.8) is 0 Å². The number of nitrogens with zero attached hydrogens (tertiary/aromatic N) is 1. The molecule has 0 amide bonds. The van der Waals surface area contributed by atoms with Crippen molar-refractivity contribution in [3.8, 4) is 0 Å². The van der Waals surface area contributed by atoms with E-state index in [-0.39, 0.29) is 0 Å². The molecule has 1 aromatic carbocycles. The summed E-state index contributed by atoms with van der Waals surface area (Å²) in [6, 6.07) is 8.73. The first-order valence-corrected chi connectivity index (χ1v) is 6.58. The fourth-order valence-corrected chi connectivity index (χ4v) is 2.30. The molecule has 1 aromatic heterocycles. The van der Waals surface area contributed by atoms with Gasteiger partial charge in [0.25, 0.3) is 0 Å². The summed E-state index contributed by atoms with van der Waals surface area (Å²) in [5.41, 5.74) is 2.85. The number of aromatic nitrogens is 1. The van der Waals surface area contributed by atoms with Crippen molar-refractivity contribution in [3.05, 3.63) is 36.0 Å². The highest BCUT2D eigenvalue weighted by molar-refractivity contribution is 5.84. The fraction of sp³-hybridized carbons (Fsp3) is 0.467. The quantitative estimate of drug-likeness (QED) is 0.806. The maximum Gasteiger partial charge on any atom is 0.0483 e. The lowest BCUT2D eigenvalue weighted by atomic mass is 10.1. The van der Waals surface area contributed by atoms with E-state index in [4.69, 9.17) is 0 Å². The second-order valence-corrected chi connectivity index (χ2v) is 4.57. The topological polar surface area (TPSA) is 17.0 Å². The summed E-state index contributed by atoms with van der Waals surface area (Å²) >= 11 is 0. The van der Waals surface area contributed by atoms with Gasteiger partial charge in [-0.05, 0) is 38.1 Å². The summed E-state index contributed by atoms with van der Waals surface area (Å²) in [4.78, 5) is 0. The van der Waals surface area contributed by atoms with Crippen LogP contribution in [0.4, 0.5) is 0 Å². The normalized spacial score (nSPS) is 11.2. The predicted octanol–water partition coefficient (Wildman–Crippen LogP) is 3.20. The van der Waals surface area contributed by atoms with Crippen molar-refractivity contribution in [2.75, 3.05) is 13.6 Å². The number of benzene rings is 1. The molecule has 0 saturated heterocycles. The SMILES string of the molecule is CCCCn1cc(CCNC)c2ccccc21. The molecule has 0 spiro atoms. The third-order valence-electron chi connectivity index (χ3n) is 3.27. The lowest BCUT2D eigenvalue weighted by Crippen LogP contribution is -2.10. The first-order valence-electron chi connectivity index (χ1n) is 6.58. The molecular weight excluding hydrogens is 208 g/mol. The number of para-hydroxylation sites is 1. The molecular formula is C15H22N2. The Morgan fingerprint density at radius 2 is 2.06 bits per heavy atom. The lowest BCUT2D eigenvalue weighted by Gasteiger charge is -2.02. The average molecular weight is 230 g/mol. The highest BCUT2D eigenvalue weighted by Gasteiger charge is 2.06. The molecule has 0 unspecified atom stereocenters. The summed E-state index contributed by atoms with van der Waals surface area (Å²) in [6.45, 7) is 4.42. The maximum absolute atomic E-state index is 3.22. The van der Waals surface area contributed by atoms with E-state index < -0.39 is 0 Å². The van der Waals surface area contributed by atoms with Gasteiger partial charge in [0.15, 0.2) is 0 Å². The van der Waals surface area contributed by atoms with Crippen LogP contribution in [-0.4, -0.2) is 18.2 Å². The van der Waals surface area contributed by atoms with Crippen LogP contribution in [0, 0.1) is 0 Å². The third kappa shape index (κ3) is 2.70. The van der Waals surface area contributed by atoms with Gasteiger partial charge < -0.3 is 9.88 Å². The molecule has 0 bridgehead atoms. The molecule has 0 atom stereocenters. The standard InChI is InChI=1S/C15H22N2/c1-3-4-11-17-12-13(9-10-16-2)14-7-5-6-8-15(14)17/h5-8,12,16H,3-4,9-11H2,1-2H3. The molecule has 1 N–H and O–H groups in total. The summed E-state index contributed by atoms with van der Waals surface area (Å²) in [5.74, 6) is 0. The van der Waals surface area contributed by atoms with Crippen LogP contribution in [0.2, 0.25) is 0 Å². The van der Waals surface area contributed by atoms with Gasteiger partial charge in [-0.2, -0.15) is 0 Å².